The molecule has 1 N–H and O–H groups in total. The number of benzene rings is 2. The van der Waals surface area contributed by atoms with Gasteiger partial charge in [0.15, 0.2) is 23.9 Å². The molecule has 1 amide bonds. The highest BCUT2D eigenvalue weighted by Crippen LogP contribution is 2.31. The second-order valence-electron chi connectivity index (χ2n) is 6.55. The summed E-state index contributed by atoms with van der Waals surface area (Å²) in [6.07, 6.45) is 1.46. The Kier molecular flexibility index (Phi) is 7.46. The van der Waals surface area contributed by atoms with Crippen LogP contribution in [0.1, 0.15) is 49.5 Å². The van der Waals surface area contributed by atoms with Gasteiger partial charge in [0.25, 0.3) is 5.91 Å². The van der Waals surface area contributed by atoms with Crippen LogP contribution in [0.2, 0.25) is 5.02 Å². The van der Waals surface area contributed by atoms with Crippen LogP contribution in [-0.4, -0.2) is 25.4 Å². The van der Waals surface area contributed by atoms with Crippen LogP contribution in [-0.2, 0) is 10.3 Å². The molecule has 0 fully saturated rings. The second kappa shape index (κ2) is 9.60. The van der Waals surface area contributed by atoms with Gasteiger partial charge in [0.1, 0.15) is 0 Å². The zero-order chi connectivity index (χ0) is 20.7. The Labute approximate surface area is 171 Å². The Morgan fingerprint density at radius 2 is 1.68 bits per heavy atom. The van der Waals surface area contributed by atoms with E-state index >= 15 is 0 Å². The molecule has 0 aliphatic heterocycles. The van der Waals surface area contributed by atoms with Crippen LogP contribution in [0, 0.1) is 0 Å². The molecule has 5 nitrogen and oxygen atoms in total. The van der Waals surface area contributed by atoms with Crippen molar-refractivity contribution in [3.05, 3.63) is 58.6 Å². The Morgan fingerprint density at radius 3 is 2.21 bits per heavy atom. The summed E-state index contributed by atoms with van der Waals surface area (Å²) >= 11 is 5.99. The number of hydrogen-bond donors (Lipinski definition) is 1. The largest absolute Gasteiger partial charge is 0.493 e. The lowest BCUT2D eigenvalue weighted by Crippen LogP contribution is -2.46. The molecular weight excluding hydrogens is 378 g/mol. The number of rotatable bonds is 9. The maximum atomic E-state index is 12.6. The van der Waals surface area contributed by atoms with Crippen molar-refractivity contribution in [2.24, 2.45) is 0 Å². The molecule has 28 heavy (non-hydrogen) atoms. The fraction of sp³-hybridized carbons (Fsp3) is 0.364. The number of Topliss-reactive ketones (excluding diaryl/α,β-unsaturated/α-hetero) is 1. The van der Waals surface area contributed by atoms with Gasteiger partial charge in [-0.15, -0.1) is 0 Å². The predicted molar refractivity (Wildman–Crippen MR) is 110 cm³/mol. The average Bonchev–Trinajstić information content (AvgIpc) is 2.71. The van der Waals surface area contributed by atoms with E-state index in [4.69, 9.17) is 21.1 Å². The molecule has 0 bridgehead atoms. The maximum Gasteiger partial charge on any atom is 0.258 e. The number of methoxy groups -OCH3 is 1. The number of halogens is 1. The van der Waals surface area contributed by atoms with Gasteiger partial charge in [-0.2, -0.15) is 0 Å². The van der Waals surface area contributed by atoms with Crippen LogP contribution in [0.5, 0.6) is 11.5 Å². The molecule has 0 radical (unpaired) electrons. The van der Waals surface area contributed by atoms with Crippen LogP contribution in [0.3, 0.4) is 0 Å². The lowest BCUT2D eigenvalue weighted by atomic mass is 9.84. The SMILES string of the molecule is CCC(CC)(NC(=O)COc1ccc(C(C)=O)cc1OC)c1ccc(Cl)cc1. The normalized spacial score (nSPS) is 11.0. The highest BCUT2D eigenvalue weighted by Gasteiger charge is 2.30. The summed E-state index contributed by atoms with van der Waals surface area (Å²) in [4.78, 5) is 24.1. The summed E-state index contributed by atoms with van der Waals surface area (Å²) in [6.45, 7) is 5.38. The van der Waals surface area contributed by atoms with Crippen molar-refractivity contribution in [1.29, 1.82) is 0 Å². The van der Waals surface area contributed by atoms with Crippen LogP contribution < -0.4 is 14.8 Å². The Balaban J connectivity index is 2.11. The van der Waals surface area contributed by atoms with E-state index in [9.17, 15) is 9.59 Å². The molecule has 0 aliphatic carbocycles. The van der Waals surface area contributed by atoms with Crippen LogP contribution in [0.15, 0.2) is 42.5 Å². The molecule has 0 aromatic heterocycles. The highest BCUT2D eigenvalue weighted by atomic mass is 35.5. The van der Waals surface area contributed by atoms with Crippen molar-refractivity contribution in [1.82, 2.24) is 5.32 Å². The van der Waals surface area contributed by atoms with E-state index in [1.807, 2.05) is 38.1 Å². The lowest BCUT2D eigenvalue weighted by Gasteiger charge is -2.33. The summed E-state index contributed by atoms with van der Waals surface area (Å²) in [5.41, 5.74) is 1.03. The first-order chi connectivity index (χ1) is 13.3. The minimum absolute atomic E-state index is 0.0683. The van der Waals surface area contributed by atoms with E-state index in [1.165, 1.54) is 14.0 Å². The molecule has 0 atom stereocenters. The molecule has 0 heterocycles. The zero-order valence-electron chi connectivity index (χ0n) is 16.7. The first-order valence-electron chi connectivity index (χ1n) is 9.24. The Morgan fingerprint density at radius 1 is 1.04 bits per heavy atom. The lowest BCUT2D eigenvalue weighted by molar-refractivity contribution is -0.125. The molecule has 6 heteroatoms. The molecular formula is C22H26ClNO4. The number of nitrogens with one attached hydrogen (secondary N) is 1. The topological polar surface area (TPSA) is 64.6 Å². The fourth-order valence-corrected chi connectivity index (χ4v) is 3.25. The third-order valence-corrected chi connectivity index (χ3v) is 5.16. The van der Waals surface area contributed by atoms with E-state index in [-0.39, 0.29) is 18.3 Å². The van der Waals surface area contributed by atoms with Gasteiger partial charge in [-0.1, -0.05) is 37.6 Å². The van der Waals surface area contributed by atoms with E-state index in [0.29, 0.717) is 22.1 Å². The summed E-state index contributed by atoms with van der Waals surface area (Å²) in [5, 5.41) is 3.75. The summed E-state index contributed by atoms with van der Waals surface area (Å²) < 4.78 is 10.9. The van der Waals surface area contributed by atoms with E-state index < -0.39 is 5.54 Å². The Hall–Kier alpha value is -2.53. The van der Waals surface area contributed by atoms with Crippen LogP contribution >= 0.6 is 11.6 Å². The number of carbonyl (C=O) groups is 2. The number of carbonyl (C=O) groups excluding carboxylic acids is 2. The quantitative estimate of drug-likeness (QED) is 0.613. The second-order valence-corrected chi connectivity index (χ2v) is 6.99. The van der Waals surface area contributed by atoms with Crippen molar-refractivity contribution < 1.29 is 19.1 Å². The van der Waals surface area contributed by atoms with E-state index in [2.05, 4.69) is 5.32 Å². The number of ether oxygens (including phenoxy) is 2. The highest BCUT2D eigenvalue weighted by molar-refractivity contribution is 6.30. The monoisotopic (exact) mass is 403 g/mol. The molecule has 2 aromatic rings. The van der Waals surface area contributed by atoms with Crippen molar-refractivity contribution in [3.63, 3.8) is 0 Å². The molecule has 0 saturated carbocycles. The van der Waals surface area contributed by atoms with Crippen molar-refractivity contribution in [2.75, 3.05) is 13.7 Å². The van der Waals surface area contributed by atoms with Gasteiger partial charge in [0.05, 0.1) is 12.6 Å². The van der Waals surface area contributed by atoms with Gasteiger partial charge in [0.2, 0.25) is 0 Å². The number of hydrogen-bond acceptors (Lipinski definition) is 4. The fourth-order valence-electron chi connectivity index (χ4n) is 3.13. The van der Waals surface area contributed by atoms with Crippen LogP contribution in [0.4, 0.5) is 0 Å². The van der Waals surface area contributed by atoms with Gasteiger partial charge in [-0.05, 0) is 55.7 Å². The minimum Gasteiger partial charge on any atom is -0.493 e. The van der Waals surface area contributed by atoms with Crippen molar-refractivity contribution >= 4 is 23.3 Å². The summed E-state index contributed by atoms with van der Waals surface area (Å²) in [6, 6.07) is 12.4. The average molecular weight is 404 g/mol. The zero-order valence-corrected chi connectivity index (χ0v) is 17.4. The summed E-state index contributed by atoms with van der Waals surface area (Å²) in [5.74, 6) is 0.515. The molecule has 0 saturated heterocycles. The van der Waals surface area contributed by atoms with Crippen molar-refractivity contribution in [2.45, 2.75) is 39.2 Å². The molecule has 0 aliphatic rings. The minimum atomic E-state index is -0.492. The third-order valence-electron chi connectivity index (χ3n) is 4.91. The maximum absolute atomic E-state index is 12.6. The standard InChI is InChI=1S/C22H26ClNO4/c1-5-22(6-2,17-8-10-18(23)11-9-17)24-21(26)14-28-19-12-7-16(15(3)25)13-20(19)27-4/h7-13H,5-6,14H2,1-4H3,(H,24,26). The first-order valence-corrected chi connectivity index (χ1v) is 9.61. The molecule has 2 aromatic carbocycles. The van der Waals surface area contributed by atoms with E-state index in [0.717, 1.165) is 18.4 Å². The molecule has 0 spiro atoms. The van der Waals surface area contributed by atoms with E-state index in [1.54, 1.807) is 18.2 Å². The predicted octanol–water partition coefficient (Wildman–Crippen LogP) is 4.76. The summed E-state index contributed by atoms with van der Waals surface area (Å²) in [7, 11) is 1.49. The molecule has 150 valence electrons. The molecule has 2 rings (SSSR count). The Bertz CT molecular complexity index is 829. The van der Waals surface area contributed by atoms with Gasteiger partial charge < -0.3 is 14.8 Å². The van der Waals surface area contributed by atoms with Gasteiger partial charge >= 0.3 is 0 Å². The first kappa shape index (κ1) is 21.8. The van der Waals surface area contributed by atoms with Gasteiger partial charge in [0, 0.05) is 10.6 Å². The van der Waals surface area contributed by atoms with Crippen molar-refractivity contribution in [3.8, 4) is 11.5 Å². The van der Waals surface area contributed by atoms with Crippen LogP contribution in [0.25, 0.3) is 0 Å². The van der Waals surface area contributed by atoms with Gasteiger partial charge in [-0.25, -0.2) is 0 Å². The van der Waals surface area contributed by atoms with Gasteiger partial charge in [-0.3, -0.25) is 9.59 Å². The number of ketones is 1. The smallest absolute Gasteiger partial charge is 0.258 e. The molecule has 0 unspecified atom stereocenters. The third kappa shape index (κ3) is 5.04. The number of amides is 1.